The fraction of sp³-hybridized carbons (Fsp3) is 0.429. The van der Waals surface area contributed by atoms with E-state index in [1.165, 1.54) is 26.2 Å². The molecule has 32 heavy (non-hydrogen) atoms. The molecule has 1 aromatic heterocycles. The van der Waals surface area contributed by atoms with Gasteiger partial charge >= 0.3 is 6.09 Å². The van der Waals surface area contributed by atoms with Gasteiger partial charge in [-0.1, -0.05) is 31.5 Å². The number of halogens is 2. The van der Waals surface area contributed by atoms with E-state index in [-0.39, 0.29) is 28.9 Å². The zero-order chi connectivity index (χ0) is 24.2. The zero-order valence-electron chi connectivity index (χ0n) is 18.7. The third kappa shape index (κ3) is 6.08. The van der Waals surface area contributed by atoms with Crippen molar-refractivity contribution in [2.75, 3.05) is 20.6 Å². The van der Waals surface area contributed by atoms with E-state index in [0.29, 0.717) is 6.42 Å². The number of rotatable bonds is 9. The highest BCUT2D eigenvalue weighted by atomic mass is 35.5. The summed E-state index contributed by atoms with van der Waals surface area (Å²) in [7, 11) is -0.770. The molecule has 0 aliphatic heterocycles. The van der Waals surface area contributed by atoms with Crippen LogP contribution >= 0.6 is 11.6 Å². The lowest BCUT2D eigenvalue weighted by Crippen LogP contribution is -2.22. The van der Waals surface area contributed by atoms with Gasteiger partial charge in [-0.15, -0.1) is 0 Å². The molecule has 0 radical (unpaired) electrons. The van der Waals surface area contributed by atoms with Gasteiger partial charge in [-0.2, -0.15) is 5.10 Å². The van der Waals surface area contributed by atoms with Gasteiger partial charge in [0.05, 0.1) is 17.3 Å². The van der Waals surface area contributed by atoms with Crippen LogP contribution < -0.4 is 5.32 Å². The summed E-state index contributed by atoms with van der Waals surface area (Å²) >= 11 is 6.28. The molecule has 8 nitrogen and oxygen atoms in total. The average Bonchev–Trinajstić information content (AvgIpc) is 2.96. The molecule has 0 spiro atoms. The molecule has 2 N–H and O–H groups in total. The van der Waals surface area contributed by atoms with E-state index in [9.17, 15) is 17.6 Å². The number of benzene rings is 1. The second-order valence-electron chi connectivity index (χ2n) is 7.83. The summed E-state index contributed by atoms with van der Waals surface area (Å²) in [4.78, 5) is 10.5. The molecule has 0 bridgehead atoms. The fourth-order valence-electron chi connectivity index (χ4n) is 3.34. The second-order valence-corrected chi connectivity index (χ2v) is 10.4. The second kappa shape index (κ2) is 10.5. The first-order valence-electron chi connectivity index (χ1n) is 9.93. The molecule has 11 heteroatoms. The number of sulfonamides is 1. The minimum Gasteiger partial charge on any atom is -0.465 e. The van der Waals surface area contributed by atoms with E-state index >= 15 is 0 Å². The molecule has 0 aliphatic rings. The van der Waals surface area contributed by atoms with Crippen molar-refractivity contribution in [3.05, 3.63) is 57.6 Å². The Bertz CT molecular complexity index is 1130. The minimum absolute atomic E-state index is 0.0339. The van der Waals surface area contributed by atoms with Crippen LogP contribution in [0.5, 0.6) is 0 Å². The lowest BCUT2D eigenvalue weighted by molar-refractivity contribution is 0.195. The Kier molecular flexibility index (Phi) is 8.44. The first-order chi connectivity index (χ1) is 14.8. The summed E-state index contributed by atoms with van der Waals surface area (Å²) in [6.07, 6.45) is 0.392. The number of carboxylic acid groups (broad SMARTS) is 1. The highest BCUT2D eigenvalue weighted by Gasteiger charge is 2.22. The van der Waals surface area contributed by atoms with Gasteiger partial charge in [-0.25, -0.2) is 21.9 Å². The Labute approximate surface area is 192 Å². The van der Waals surface area contributed by atoms with Gasteiger partial charge in [0.1, 0.15) is 10.7 Å². The standard InChI is InChI=1S/C21H28ClFN4O4S/c1-13(2)20-17(14(3)25-27(20)12-16(23)8-9-24-21(28)29)10-15-6-7-19(18(22)11-15)32(30,31)26(4)5/h6-8,11,13,24H,9-10,12H2,1-5H3,(H,28,29). The molecule has 1 amide bonds. The van der Waals surface area contributed by atoms with Gasteiger partial charge in [0.2, 0.25) is 10.0 Å². The lowest BCUT2D eigenvalue weighted by atomic mass is 9.97. The van der Waals surface area contributed by atoms with Crippen LogP contribution in [0.2, 0.25) is 5.02 Å². The SMILES string of the molecule is Cc1nn(CC(F)=CCNC(=O)O)c(C(C)C)c1Cc1ccc(S(=O)(=O)N(C)C)c(Cl)c1. The maximum Gasteiger partial charge on any atom is 0.404 e. The number of hydrogen-bond donors (Lipinski definition) is 2. The molecular formula is C21H28ClFN4O4S. The molecule has 0 saturated heterocycles. The van der Waals surface area contributed by atoms with Crippen LogP contribution in [0.15, 0.2) is 35.0 Å². The summed E-state index contributed by atoms with van der Waals surface area (Å²) in [5.74, 6) is -0.462. The maximum atomic E-state index is 14.3. The highest BCUT2D eigenvalue weighted by Crippen LogP contribution is 2.29. The number of hydrogen-bond acceptors (Lipinski definition) is 4. The van der Waals surface area contributed by atoms with Crippen LogP contribution in [-0.2, 0) is 23.0 Å². The van der Waals surface area contributed by atoms with Crippen LogP contribution in [-0.4, -0.2) is 54.3 Å². The number of allylic oxidation sites excluding steroid dienone is 1. The topological polar surface area (TPSA) is 105 Å². The zero-order valence-corrected chi connectivity index (χ0v) is 20.3. The molecule has 0 atom stereocenters. The first kappa shape index (κ1) is 25.8. The number of amides is 1. The number of carbonyl (C=O) groups is 1. The molecule has 176 valence electrons. The van der Waals surface area contributed by atoms with E-state index in [0.717, 1.165) is 26.8 Å². The third-order valence-corrected chi connectivity index (χ3v) is 7.15. The molecule has 0 fully saturated rings. The van der Waals surface area contributed by atoms with Gasteiger partial charge in [0, 0.05) is 38.3 Å². The van der Waals surface area contributed by atoms with Gasteiger partial charge in [0.15, 0.2) is 0 Å². The average molecular weight is 487 g/mol. The molecule has 0 unspecified atom stereocenters. The van der Waals surface area contributed by atoms with E-state index in [1.807, 2.05) is 20.8 Å². The van der Waals surface area contributed by atoms with E-state index < -0.39 is 21.9 Å². The highest BCUT2D eigenvalue weighted by molar-refractivity contribution is 7.89. The largest absolute Gasteiger partial charge is 0.465 e. The molecular weight excluding hydrogens is 459 g/mol. The minimum atomic E-state index is -3.65. The van der Waals surface area contributed by atoms with Gasteiger partial charge < -0.3 is 10.4 Å². The fourth-order valence-corrected chi connectivity index (χ4v) is 4.78. The molecule has 0 aliphatic carbocycles. The Balaban J connectivity index is 2.35. The number of nitrogens with one attached hydrogen (secondary N) is 1. The Morgan fingerprint density at radius 2 is 2.03 bits per heavy atom. The summed E-state index contributed by atoms with van der Waals surface area (Å²) < 4.78 is 41.8. The van der Waals surface area contributed by atoms with E-state index in [4.69, 9.17) is 16.7 Å². The van der Waals surface area contributed by atoms with E-state index in [1.54, 1.807) is 16.8 Å². The monoisotopic (exact) mass is 486 g/mol. The van der Waals surface area contributed by atoms with Crippen LogP contribution in [0.1, 0.15) is 42.3 Å². The van der Waals surface area contributed by atoms with Gasteiger partial charge in [-0.3, -0.25) is 4.68 Å². The molecule has 1 heterocycles. The quantitative estimate of drug-likeness (QED) is 0.558. The summed E-state index contributed by atoms with van der Waals surface area (Å²) in [6.45, 7) is 5.54. The van der Waals surface area contributed by atoms with Crippen molar-refractivity contribution in [3.63, 3.8) is 0 Å². The van der Waals surface area contributed by atoms with Gasteiger partial charge in [0.25, 0.3) is 0 Å². The van der Waals surface area contributed by atoms with Crippen molar-refractivity contribution in [3.8, 4) is 0 Å². The predicted octanol–water partition coefficient (Wildman–Crippen LogP) is 3.93. The van der Waals surface area contributed by atoms with Crippen molar-refractivity contribution in [1.29, 1.82) is 0 Å². The smallest absolute Gasteiger partial charge is 0.404 e. The molecule has 2 rings (SSSR count). The Morgan fingerprint density at radius 3 is 2.56 bits per heavy atom. The van der Waals surface area contributed by atoms with Crippen LogP contribution in [0.3, 0.4) is 0 Å². The van der Waals surface area contributed by atoms with Crippen molar-refractivity contribution in [2.24, 2.45) is 0 Å². The van der Waals surface area contributed by atoms with Crippen LogP contribution in [0.4, 0.5) is 9.18 Å². The Morgan fingerprint density at radius 1 is 1.38 bits per heavy atom. The molecule has 2 aromatic rings. The number of aromatic nitrogens is 2. The van der Waals surface area contributed by atoms with Crippen LogP contribution in [0.25, 0.3) is 0 Å². The number of aryl methyl sites for hydroxylation is 1. The first-order valence-corrected chi connectivity index (χ1v) is 11.7. The Hall–Kier alpha value is -2.43. The van der Waals surface area contributed by atoms with Crippen molar-refractivity contribution in [2.45, 2.75) is 44.6 Å². The lowest BCUT2D eigenvalue weighted by Gasteiger charge is -2.15. The summed E-state index contributed by atoms with van der Waals surface area (Å²) in [5, 5.41) is 15.3. The van der Waals surface area contributed by atoms with Crippen molar-refractivity contribution >= 4 is 27.7 Å². The number of nitrogens with zero attached hydrogens (tertiary/aromatic N) is 3. The third-order valence-electron chi connectivity index (χ3n) is 4.86. The van der Waals surface area contributed by atoms with Gasteiger partial charge in [-0.05, 0) is 36.6 Å². The summed E-state index contributed by atoms with van der Waals surface area (Å²) in [5.41, 5.74) is 3.29. The van der Waals surface area contributed by atoms with Crippen LogP contribution in [0, 0.1) is 6.92 Å². The van der Waals surface area contributed by atoms with E-state index in [2.05, 4.69) is 10.4 Å². The normalized spacial score (nSPS) is 12.6. The van der Waals surface area contributed by atoms with Crippen molar-refractivity contribution in [1.82, 2.24) is 19.4 Å². The van der Waals surface area contributed by atoms with Crippen molar-refractivity contribution < 1.29 is 22.7 Å². The summed E-state index contributed by atoms with van der Waals surface area (Å²) in [6, 6.07) is 4.82. The molecule has 0 saturated carbocycles. The predicted molar refractivity (Wildman–Crippen MR) is 121 cm³/mol. The molecule has 1 aromatic carbocycles. The maximum absolute atomic E-state index is 14.3.